The molecule has 0 bridgehead atoms. The summed E-state index contributed by atoms with van der Waals surface area (Å²) < 4.78 is 4.89. The molecule has 0 saturated carbocycles. The van der Waals surface area contributed by atoms with Crippen LogP contribution in [0.3, 0.4) is 0 Å². The summed E-state index contributed by atoms with van der Waals surface area (Å²) in [6, 6.07) is 1.08. The molecule has 5 nitrogen and oxygen atoms in total. The predicted molar refractivity (Wildman–Crippen MR) is 58.8 cm³/mol. The van der Waals surface area contributed by atoms with Crippen molar-refractivity contribution in [3.8, 4) is 0 Å². The first kappa shape index (κ1) is 11.5. The van der Waals surface area contributed by atoms with E-state index in [4.69, 9.17) is 9.63 Å². The van der Waals surface area contributed by atoms with Crippen LogP contribution in [0.5, 0.6) is 0 Å². The molecule has 0 spiro atoms. The fraction of sp³-hybridized carbons (Fsp3) is 0.818. The Labute approximate surface area is 95.4 Å². The lowest BCUT2D eigenvalue weighted by molar-refractivity contribution is 0.199. The third kappa shape index (κ3) is 2.41. The second-order valence-corrected chi connectivity index (χ2v) is 4.59. The highest BCUT2D eigenvalue weighted by Crippen LogP contribution is 2.22. The zero-order valence-electron chi connectivity index (χ0n) is 9.89. The number of aromatic nitrogens is 2. The van der Waals surface area contributed by atoms with E-state index in [-0.39, 0.29) is 6.61 Å². The van der Waals surface area contributed by atoms with Crippen LogP contribution in [0.4, 0.5) is 0 Å². The van der Waals surface area contributed by atoms with E-state index in [0.717, 1.165) is 13.0 Å². The van der Waals surface area contributed by atoms with Crippen LogP contribution < -0.4 is 0 Å². The van der Waals surface area contributed by atoms with Crippen LogP contribution in [-0.2, 0) is 13.0 Å². The van der Waals surface area contributed by atoms with Gasteiger partial charge in [-0.15, -0.1) is 0 Å². The van der Waals surface area contributed by atoms with Crippen molar-refractivity contribution in [2.75, 3.05) is 6.54 Å². The highest BCUT2D eigenvalue weighted by molar-refractivity contribution is 4.93. The van der Waals surface area contributed by atoms with Gasteiger partial charge < -0.3 is 9.63 Å². The van der Waals surface area contributed by atoms with Crippen molar-refractivity contribution in [3.05, 3.63) is 11.7 Å². The van der Waals surface area contributed by atoms with Crippen LogP contribution >= 0.6 is 0 Å². The Morgan fingerprint density at radius 1 is 1.56 bits per heavy atom. The van der Waals surface area contributed by atoms with Gasteiger partial charge in [0.25, 0.3) is 5.89 Å². The summed E-state index contributed by atoms with van der Waals surface area (Å²) in [5.74, 6) is 1.02. The molecule has 2 rings (SSSR count). The third-order valence-electron chi connectivity index (χ3n) is 3.15. The molecule has 2 heterocycles. The van der Waals surface area contributed by atoms with E-state index >= 15 is 0 Å². The van der Waals surface area contributed by atoms with Gasteiger partial charge in [-0.2, -0.15) is 4.98 Å². The normalized spacial score (nSPS) is 22.1. The van der Waals surface area contributed by atoms with Crippen LogP contribution in [0.15, 0.2) is 4.52 Å². The van der Waals surface area contributed by atoms with Crippen molar-refractivity contribution in [2.45, 2.75) is 51.8 Å². The van der Waals surface area contributed by atoms with Gasteiger partial charge in [-0.05, 0) is 33.2 Å². The van der Waals surface area contributed by atoms with Crippen molar-refractivity contribution in [3.63, 3.8) is 0 Å². The van der Waals surface area contributed by atoms with Crippen LogP contribution in [0.2, 0.25) is 0 Å². The van der Waals surface area contributed by atoms with Gasteiger partial charge in [0.2, 0.25) is 0 Å². The average molecular weight is 225 g/mol. The first-order valence-corrected chi connectivity index (χ1v) is 5.88. The summed E-state index contributed by atoms with van der Waals surface area (Å²) in [4.78, 5) is 6.61. The molecule has 0 aromatic carbocycles. The zero-order chi connectivity index (χ0) is 11.5. The molecule has 1 N–H and O–H groups in total. The second-order valence-electron chi connectivity index (χ2n) is 4.59. The van der Waals surface area contributed by atoms with Gasteiger partial charge in [-0.3, -0.25) is 4.90 Å². The molecule has 0 aliphatic carbocycles. The summed E-state index contributed by atoms with van der Waals surface area (Å²) in [7, 11) is 0. The zero-order valence-corrected chi connectivity index (χ0v) is 9.89. The van der Waals surface area contributed by atoms with E-state index in [1.54, 1.807) is 0 Å². The fourth-order valence-electron chi connectivity index (χ4n) is 2.41. The van der Waals surface area contributed by atoms with E-state index in [1.165, 1.54) is 12.8 Å². The van der Waals surface area contributed by atoms with Gasteiger partial charge in [-0.25, -0.2) is 0 Å². The van der Waals surface area contributed by atoms with E-state index in [9.17, 15) is 0 Å². The third-order valence-corrected chi connectivity index (χ3v) is 3.15. The molecule has 0 amide bonds. The molecule has 1 fully saturated rings. The lowest BCUT2D eigenvalue weighted by Crippen LogP contribution is -2.36. The van der Waals surface area contributed by atoms with E-state index in [0.29, 0.717) is 23.8 Å². The molecule has 0 radical (unpaired) electrons. The number of hydrogen-bond donors (Lipinski definition) is 1. The molecule has 16 heavy (non-hydrogen) atoms. The van der Waals surface area contributed by atoms with Gasteiger partial charge in [0, 0.05) is 18.5 Å². The van der Waals surface area contributed by atoms with Gasteiger partial charge in [0.15, 0.2) is 5.82 Å². The van der Waals surface area contributed by atoms with Crippen LogP contribution in [0.25, 0.3) is 0 Å². The fourth-order valence-corrected chi connectivity index (χ4v) is 2.41. The van der Waals surface area contributed by atoms with Crippen molar-refractivity contribution >= 4 is 0 Å². The number of hydrogen-bond acceptors (Lipinski definition) is 5. The lowest BCUT2D eigenvalue weighted by atomic mass is 10.1. The standard InChI is InChI=1S/C11H19N3O2/c1-8(2)14-5-3-4-9(14)6-10-12-11(7-15)16-13-10/h8-9,15H,3-7H2,1-2H3. The lowest BCUT2D eigenvalue weighted by Gasteiger charge is -2.27. The Morgan fingerprint density at radius 2 is 2.38 bits per heavy atom. The highest BCUT2D eigenvalue weighted by Gasteiger charge is 2.27. The Kier molecular flexibility index (Phi) is 3.56. The first-order chi connectivity index (χ1) is 7.70. The maximum atomic E-state index is 8.85. The maximum Gasteiger partial charge on any atom is 0.252 e. The Hall–Kier alpha value is -0.940. The molecule has 5 heteroatoms. The predicted octanol–water partition coefficient (Wildman–Crippen LogP) is 0.977. The molecule has 1 aromatic heterocycles. The van der Waals surface area contributed by atoms with Crippen LogP contribution in [-0.4, -0.2) is 38.8 Å². The molecular formula is C11H19N3O2. The second kappa shape index (κ2) is 4.93. The molecule has 1 aromatic rings. The van der Waals surface area contributed by atoms with Crippen molar-refractivity contribution in [1.82, 2.24) is 15.0 Å². The van der Waals surface area contributed by atoms with Gasteiger partial charge in [0.1, 0.15) is 6.61 Å². The van der Waals surface area contributed by atoms with E-state index < -0.39 is 0 Å². The van der Waals surface area contributed by atoms with Crippen molar-refractivity contribution in [2.24, 2.45) is 0 Å². The smallest absolute Gasteiger partial charge is 0.252 e. The molecular weight excluding hydrogens is 206 g/mol. The van der Waals surface area contributed by atoms with Gasteiger partial charge in [-0.1, -0.05) is 5.16 Å². The van der Waals surface area contributed by atoms with Crippen LogP contribution in [0, 0.1) is 0 Å². The van der Waals surface area contributed by atoms with Crippen molar-refractivity contribution in [1.29, 1.82) is 0 Å². The molecule has 90 valence electrons. The first-order valence-electron chi connectivity index (χ1n) is 5.88. The van der Waals surface area contributed by atoms with E-state index in [2.05, 4.69) is 28.9 Å². The largest absolute Gasteiger partial charge is 0.387 e. The topological polar surface area (TPSA) is 62.4 Å². The van der Waals surface area contributed by atoms with Crippen molar-refractivity contribution < 1.29 is 9.63 Å². The number of aliphatic hydroxyl groups excluding tert-OH is 1. The number of nitrogens with zero attached hydrogens (tertiary/aromatic N) is 3. The summed E-state index contributed by atoms with van der Waals surface area (Å²) in [5.41, 5.74) is 0. The van der Waals surface area contributed by atoms with E-state index in [1.807, 2.05) is 0 Å². The van der Waals surface area contributed by atoms with Crippen LogP contribution in [0.1, 0.15) is 38.4 Å². The minimum Gasteiger partial charge on any atom is -0.387 e. The quantitative estimate of drug-likeness (QED) is 0.827. The Balaban J connectivity index is 1.98. The molecule has 1 atom stereocenters. The number of rotatable bonds is 4. The van der Waals surface area contributed by atoms with Gasteiger partial charge >= 0.3 is 0 Å². The molecule has 1 saturated heterocycles. The number of likely N-dealkylation sites (tertiary alicyclic amines) is 1. The minimum atomic E-state index is -0.175. The number of aliphatic hydroxyl groups is 1. The summed E-state index contributed by atoms with van der Waals surface area (Å²) in [5, 5.41) is 12.7. The maximum absolute atomic E-state index is 8.85. The minimum absolute atomic E-state index is 0.175. The van der Waals surface area contributed by atoms with Gasteiger partial charge in [0.05, 0.1) is 0 Å². The SMILES string of the molecule is CC(C)N1CCCC1Cc1noc(CO)n1. The summed E-state index contributed by atoms with van der Waals surface area (Å²) in [6.45, 7) is 5.42. The summed E-state index contributed by atoms with van der Waals surface area (Å²) >= 11 is 0. The monoisotopic (exact) mass is 225 g/mol. The summed E-state index contributed by atoms with van der Waals surface area (Å²) in [6.07, 6.45) is 3.26. The Morgan fingerprint density at radius 3 is 3.00 bits per heavy atom. The molecule has 1 aliphatic rings. The Bertz CT molecular complexity index is 338. The highest BCUT2D eigenvalue weighted by atomic mass is 16.5. The molecule has 1 unspecified atom stereocenters. The molecule has 1 aliphatic heterocycles. The average Bonchev–Trinajstić information content (AvgIpc) is 2.87.